The molecule has 0 aliphatic rings. The van der Waals surface area contributed by atoms with Crippen LogP contribution in [0.2, 0.25) is 0 Å². The largest absolute Gasteiger partial charge is 0.347 e. The molecule has 3 aromatic rings. The van der Waals surface area contributed by atoms with Gasteiger partial charge in [-0.2, -0.15) is 0 Å². The number of aromatic nitrogens is 2. The van der Waals surface area contributed by atoms with Gasteiger partial charge in [0, 0.05) is 12.7 Å². The van der Waals surface area contributed by atoms with Crippen molar-refractivity contribution >= 4 is 28.7 Å². The van der Waals surface area contributed by atoms with E-state index in [4.69, 9.17) is 0 Å². The number of amides is 3. The summed E-state index contributed by atoms with van der Waals surface area (Å²) in [5.41, 5.74) is 2.56. The Bertz CT molecular complexity index is 889. The van der Waals surface area contributed by atoms with Crippen molar-refractivity contribution in [1.82, 2.24) is 20.2 Å². The van der Waals surface area contributed by atoms with Gasteiger partial charge in [-0.15, -0.1) is 0 Å². The van der Waals surface area contributed by atoms with E-state index in [0.717, 1.165) is 16.9 Å². The summed E-state index contributed by atoms with van der Waals surface area (Å²) in [5, 5.41) is 7.93. The summed E-state index contributed by atoms with van der Waals surface area (Å²) in [7, 11) is 1.91. The highest BCUT2D eigenvalue weighted by Gasteiger charge is 2.09. The number of hydrogen-bond acceptors (Lipinski definition) is 3. The molecule has 3 N–H and O–H groups in total. The molecule has 0 aliphatic heterocycles. The number of para-hydroxylation sites is 3. The monoisotopic (exact) mass is 337 g/mol. The fourth-order valence-electron chi connectivity index (χ4n) is 2.45. The summed E-state index contributed by atoms with van der Waals surface area (Å²) in [6, 6.07) is 16.4. The third-order valence-corrected chi connectivity index (χ3v) is 3.76. The van der Waals surface area contributed by atoms with Crippen LogP contribution in [0.25, 0.3) is 11.0 Å². The second-order valence-corrected chi connectivity index (χ2v) is 5.53. The van der Waals surface area contributed by atoms with Crippen molar-refractivity contribution in [3.05, 3.63) is 60.4 Å². The van der Waals surface area contributed by atoms with E-state index in [9.17, 15) is 9.59 Å². The Hall–Kier alpha value is -3.35. The van der Waals surface area contributed by atoms with E-state index >= 15 is 0 Å². The van der Waals surface area contributed by atoms with Gasteiger partial charge in [0.05, 0.1) is 24.1 Å². The van der Waals surface area contributed by atoms with Gasteiger partial charge in [-0.1, -0.05) is 30.3 Å². The lowest BCUT2D eigenvalue weighted by atomic mass is 10.3. The van der Waals surface area contributed by atoms with Crippen molar-refractivity contribution in [3.63, 3.8) is 0 Å². The first-order valence-corrected chi connectivity index (χ1v) is 7.90. The molecule has 0 spiro atoms. The van der Waals surface area contributed by atoms with Crippen LogP contribution in [0.1, 0.15) is 5.82 Å². The molecule has 7 nitrogen and oxygen atoms in total. The molecule has 1 heterocycles. The topological polar surface area (TPSA) is 88.0 Å². The number of nitrogens with one attached hydrogen (secondary N) is 3. The second kappa shape index (κ2) is 7.48. The van der Waals surface area contributed by atoms with Gasteiger partial charge in [-0.3, -0.25) is 4.79 Å². The van der Waals surface area contributed by atoms with E-state index in [2.05, 4.69) is 20.9 Å². The number of rotatable bonds is 5. The van der Waals surface area contributed by atoms with E-state index in [0.29, 0.717) is 12.2 Å². The molecule has 0 unspecified atom stereocenters. The van der Waals surface area contributed by atoms with Crippen LogP contribution in [0, 0.1) is 0 Å². The van der Waals surface area contributed by atoms with E-state index in [-0.39, 0.29) is 12.5 Å². The van der Waals surface area contributed by atoms with E-state index < -0.39 is 6.03 Å². The second-order valence-electron chi connectivity index (χ2n) is 5.53. The number of anilines is 1. The minimum absolute atomic E-state index is 0.109. The van der Waals surface area contributed by atoms with Crippen LogP contribution in [0.5, 0.6) is 0 Å². The Morgan fingerprint density at radius 3 is 2.48 bits per heavy atom. The molecular weight excluding hydrogens is 318 g/mol. The van der Waals surface area contributed by atoms with Gasteiger partial charge in [0.1, 0.15) is 5.82 Å². The maximum atomic E-state index is 11.9. The lowest BCUT2D eigenvalue weighted by Gasteiger charge is -2.08. The lowest BCUT2D eigenvalue weighted by molar-refractivity contribution is -0.120. The first kappa shape index (κ1) is 16.5. The van der Waals surface area contributed by atoms with Crippen molar-refractivity contribution in [2.24, 2.45) is 7.05 Å². The summed E-state index contributed by atoms with van der Waals surface area (Å²) in [6.45, 7) is 0.189. The molecule has 0 aliphatic carbocycles. The maximum Gasteiger partial charge on any atom is 0.319 e. The fourth-order valence-corrected chi connectivity index (χ4v) is 2.45. The minimum atomic E-state index is -0.427. The van der Waals surface area contributed by atoms with Crippen LogP contribution >= 0.6 is 0 Å². The van der Waals surface area contributed by atoms with Gasteiger partial charge in [-0.05, 0) is 24.3 Å². The fraction of sp³-hybridized carbons (Fsp3) is 0.167. The normalized spacial score (nSPS) is 10.4. The van der Waals surface area contributed by atoms with Gasteiger partial charge in [0.15, 0.2) is 0 Å². The zero-order chi connectivity index (χ0) is 17.6. The predicted molar refractivity (Wildman–Crippen MR) is 96.0 cm³/mol. The molecule has 0 radical (unpaired) electrons. The number of benzene rings is 2. The summed E-state index contributed by atoms with van der Waals surface area (Å²) >= 11 is 0. The molecule has 0 atom stereocenters. The predicted octanol–water partition coefficient (Wildman–Crippen LogP) is 2.01. The van der Waals surface area contributed by atoms with Gasteiger partial charge >= 0.3 is 6.03 Å². The summed E-state index contributed by atoms with van der Waals surface area (Å²) in [6.07, 6.45) is 0. The number of aryl methyl sites for hydroxylation is 1. The average Bonchev–Trinajstić information content (AvgIpc) is 2.95. The Morgan fingerprint density at radius 1 is 1.00 bits per heavy atom. The lowest BCUT2D eigenvalue weighted by Crippen LogP contribution is -2.38. The van der Waals surface area contributed by atoms with Crippen molar-refractivity contribution < 1.29 is 9.59 Å². The Balaban J connectivity index is 1.47. The Morgan fingerprint density at radius 2 is 1.72 bits per heavy atom. The Kier molecular flexibility index (Phi) is 4.94. The quantitative estimate of drug-likeness (QED) is 0.665. The van der Waals surface area contributed by atoms with Crippen LogP contribution in [-0.4, -0.2) is 28.0 Å². The van der Waals surface area contributed by atoms with Gasteiger partial charge in [0.2, 0.25) is 5.91 Å². The SMILES string of the molecule is Cn1c(CNC(=O)CNC(=O)Nc2ccccc2)nc2ccccc21. The minimum Gasteiger partial charge on any atom is -0.347 e. The standard InChI is InChI=1S/C18H19N5O2/c1-23-15-10-6-5-9-14(15)22-16(23)11-19-17(24)12-20-18(25)21-13-7-3-2-4-8-13/h2-10H,11-12H2,1H3,(H,19,24)(H2,20,21,25). The smallest absolute Gasteiger partial charge is 0.319 e. The number of carbonyl (C=O) groups is 2. The molecule has 0 saturated heterocycles. The van der Waals surface area contributed by atoms with Gasteiger partial charge in [-0.25, -0.2) is 9.78 Å². The molecule has 3 amide bonds. The van der Waals surface area contributed by atoms with Gasteiger partial charge in [0.25, 0.3) is 0 Å². The van der Waals surface area contributed by atoms with Gasteiger partial charge < -0.3 is 20.5 Å². The number of fused-ring (bicyclic) bond motifs is 1. The van der Waals surface area contributed by atoms with Crippen molar-refractivity contribution in [2.75, 3.05) is 11.9 Å². The maximum absolute atomic E-state index is 11.9. The molecule has 0 bridgehead atoms. The number of carbonyl (C=O) groups excluding carboxylic acids is 2. The summed E-state index contributed by atoms with van der Waals surface area (Å²) < 4.78 is 1.94. The van der Waals surface area contributed by atoms with Crippen LogP contribution < -0.4 is 16.0 Å². The van der Waals surface area contributed by atoms with E-state index in [1.54, 1.807) is 12.1 Å². The third-order valence-electron chi connectivity index (χ3n) is 3.76. The molecule has 3 rings (SSSR count). The number of nitrogens with zero attached hydrogens (tertiary/aromatic N) is 2. The molecule has 2 aromatic carbocycles. The zero-order valence-electron chi connectivity index (χ0n) is 13.8. The van der Waals surface area contributed by atoms with Crippen molar-refractivity contribution in [1.29, 1.82) is 0 Å². The van der Waals surface area contributed by atoms with Crippen LogP contribution in [0.4, 0.5) is 10.5 Å². The molecule has 0 fully saturated rings. The van der Waals surface area contributed by atoms with Crippen LogP contribution in [0.3, 0.4) is 0 Å². The highest BCUT2D eigenvalue weighted by atomic mass is 16.2. The molecule has 1 aromatic heterocycles. The third kappa shape index (κ3) is 4.14. The Labute approximate surface area is 145 Å². The summed E-state index contributed by atoms with van der Waals surface area (Å²) in [4.78, 5) is 28.1. The van der Waals surface area contributed by atoms with E-state index in [1.165, 1.54) is 0 Å². The zero-order valence-corrected chi connectivity index (χ0v) is 13.8. The molecule has 7 heteroatoms. The molecular formula is C18H19N5O2. The number of imidazole rings is 1. The van der Waals surface area contributed by atoms with E-state index in [1.807, 2.05) is 54.1 Å². The summed E-state index contributed by atoms with van der Waals surface area (Å²) in [5.74, 6) is 0.471. The average molecular weight is 337 g/mol. The van der Waals surface area contributed by atoms with Crippen LogP contribution in [-0.2, 0) is 18.4 Å². The number of urea groups is 1. The first-order chi connectivity index (χ1) is 12.1. The molecule has 25 heavy (non-hydrogen) atoms. The number of hydrogen-bond donors (Lipinski definition) is 3. The highest BCUT2D eigenvalue weighted by molar-refractivity contribution is 5.92. The van der Waals surface area contributed by atoms with Crippen molar-refractivity contribution in [3.8, 4) is 0 Å². The highest BCUT2D eigenvalue weighted by Crippen LogP contribution is 2.13. The van der Waals surface area contributed by atoms with Crippen LogP contribution in [0.15, 0.2) is 54.6 Å². The molecule has 128 valence electrons. The molecule has 0 saturated carbocycles. The van der Waals surface area contributed by atoms with Crippen molar-refractivity contribution in [2.45, 2.75) is 6.54 Å². The first-order valence-electron chi connectivity index (χ1n) is 7.90.